The molecule has 7 heteroatoms. The summed E-state index contributed by atoms with van der Waals surface area (Å²) in [7, 11) is 0. The van der Waals surface area contributed by atoms with Crippen LogP contribution in [0.5, 0.6) is 0 Å². The molecule has 7 nitrogen and oxygen atoms in total. The highest BCUT2D eigenvalue weighted by Crippen LogP contribution is 2.21. The Hall–Kier alpha value is -2.41. The number of aliphatic carboxylic acids is 1. The normalized spacial score (nSPS) is 21.1. The molecule has 0 bridgehead atoms. The highest BCUT2D eigenvalue weighted by molar-refractivity contribution is 5.97. The molecule has 1 aliphatic heterocycles. The molecule has 1 aromatic carbocycles. The van der Waals surface area contributed by atoms with Crippen molar-refractivity contribution in [3.8, 4) is 0 Å². The zero-order chi connectivity index (χ0) is 15.6. The van der Waals surface area contributed by atoms with E-state index >= 15 is 0 Å². The third-order valence-electron chi connectivity index (χ3n) is 3.28. The first kappa shape index (κ1) is 15.0. The number of β-amino-alcohol motifs (C(OH)–C–C–N with tert-alkyl or cyclic N) is 1. The van der Waals surface area contributed by atoms with Gasteiger partial charge in [0, 0.05) is 31.1 Å². The molecule has 0 aromatic heterocycles. The molecule has 0 aliphatic carbocycles. The monoisotopic (exact) mass is 292 g/mol. The summed E-state index contributed by atoms with van der Waals surface area (Å²) < 4.78 is 0. The van der Waals surface area contributed by atoms with Crippen molar-refractivity contribution in [3.63, 3.8) is 0 Å². The molecule has 0 saturated carbocycles. The van der Waals surface area contributed by atoms with E-state index < -0.39 is 24.0 Å². The van der Waals surface area contributed by atoms with Gasteiger partial charge in [0.05, 0.1) is 6.10 Å². The van der Waals surface area contributed by atoms with Crippen LogP contribution in [-0.4, -0.2) is 51.6 Å². The molecule has 0 unspecified atom stereocenters. The minimum absolute atomic E-state index is 0.00322. The largest absolute Gasteiger partial charge is 0.480 e. The highest BCUT2D eigenvalue weighted by Gasteiger charge is 2.39. The van der Waals surface area contributed by atoms with E-state index in [1.165, 1.54) is 19.1 Å². The summed E-state index contributed by atoms with van der Waals surface area (Å²) in [5, 5.41) is 21.2. The topological polar surface area (TPSA) is 107 Å². The SMILES string of the molecule is CC(=O)Nc1ccc(C(=O)N2C[C@@H](O)C[C@H]2C(=O)O)cc1. The van der Waals surface area contributed by atoms with Gasteiger partial charge in [-0.25, -0.2) is 4.79 Å². The van der Waals surface area contributed by atoms with Crippen molar-refractivity contribution in [2.75, 3.05) is 11.9 Å². The number of carbonyl (C=O) groups excluding carboxylic acids is 2. The van der Waals surface area contributed by atoms with Gasteiger partial charge in [0.1, 0.15) is 6.04 Å². The van der Waals surface area contributed by atoms with Crippen molar-refractivity contribution >= 4 is 23.5 Å². The van der Waals surface area contributed by atoms with Gasteiger partial charge in [0.15, 0.2) is 0 Å². The van der Waals surface area contributed by atoms with Crippen LogP contribution in [0.15, 0.2) is 24.3 Å². The van der Waals surface area contributed by atoms with Crippen LogP contribution >= 0.6 is 0 Å². The number of carboxylic acid groups (broad SMARTS) is 1. The Labute approximate surface area is 121 Å². The van der Waals surface area contributed by atoms with Crippen LogP contribution in [0.25, 0.3) is 0 Å². The molecule has 2 atom stereocenters. The zero-order valence-corrected chi connectivity index (χ0v) is 11.4. The lowest BCUT2D eigenvalue weighted by Gasteiger charge is -2.21. The third-order valence-corrected chi connectivity index (χ3v) is 3.28. The number of carboxylic acids is 1. The fourth-order valence-corrected chi connectivity index (χ4v) is 2.34. The predicted molar refractivity (Wildman–Crippen MR) is 73.8 cm³/mol. The number of benzene rings is 1. The number of aliphatic hydroxyl groups excluding tert-OH is 1. The van der Waals surface area contributed by atoms with Crippen LogP contribution < -0.4 is 5.32 Å². The second kappa shape index (κ2) is 5.92. The number of likely N-dealkylation sites (tertiary alicyclic amines) is 1. The van der Waals surface area contributed by atoms with E-state index in [1.807, 2.05) is 0 Å². The Balaban J connectivity index is 2.15. The number of carbonyl (C=O) groups is 3. The summed E-state index contributed by atoms with van der Waals surface area (Å²) in [6.45, 7) is 1.38. The number of anilines is 1. The molecule has 3 N–H and O–H groups in total. The predicted octanol–water partition coefficient (Wildman–Crippen LogP) is 0.305. The summed E-state index contributed by atoms with van der Waals surface area (Å²) in [6.07, 6.45) is -0.792. The minimum atomic E-state index is -1.13. The average molecular weight is 292 g/mol. The average Bonchev–Trinajstić information content (AvgIpc) is 2.80. The number of hydrogen-bond acceptors (Lipinski definition) is 4. The summed E-state index contributed by atoms with van der Waals surface area (Å²) in [6, 6.07) is 5.14. The van der Waals surface area contributed by atoms with E-state index in [2.05, 4.69) is 5.32 Å². The number of aliphatic hydroxyl groups is 1. The molecule has 1 aliphatic rings. The summed E-state index contributed by atoms with van der Waals surface area (Å²) in [4.78, 5) is 35.5. The Morgan fingerprint density at radius 2 is 1.86 bits per heavy atom. The number of nitrogens with one attached hydrogen (secondary N) is 1. The molecular weight excluding hydrogens is 276 g/mol. The van der Waals surface area contributed by atoms with Gasteiger partial charge in [-0.1, -0.05) is 0 Å². The first-order chi connectivity index (χ1) is 9.88. The first-order valence-electron chi connectivity index (χ1n) is 6.48. The van der Waals surface area contributed by atoms with Crippen LogP contribution in [0.3, 0.4) is 0 Å². The fourth-order valence-electron chi connectivity index (χ4n) is 2.34. The first-order valence-corrected chi connectivity index (χ1v) is 6.48. The number of rotatable bonds is 3. The molecule has 0 spiro atoms. The van der Waals surface area contributed by atoms with E-state index in [9.17, 15) is 19.5 Å². The van der Waals surface area contributed by atoms with Crippen LogP contribution in [0, 0.1) is 0 Å². The van der Waals surface area contributed by atoms with E-state index in [0.29, 0.717) is 11.3 Å². The smallest absolute Gasteiger partial charge is 0.326 e. The molecule has 0 radical (unpaired) electrons. The van der Waals surface area contributed by atoms with Crippen molar-refractivity contribution < 1.29 is 24.6 Å². The third kappa shape index (κ3) is 3.38. The molecule has 1 saturated heterocycles. The Bertz CT molecular complexity index is 569. The summed E-state index contributed by atoms with van der Waals surface area (Å²) in [5.41, 5.74) is 0.861. The maximum absolute atomic E-state index is 12.3. The molecule has 1 aromatic rings. The number of nitrogens with zero attached hydrogens (tertiary/aromatic N) is 1. The molecule has 112 valence electrons. The van der Waals surface area contributed by atoms with E-state index in [4.69, 9.17) is 5.11 Å². The Kier molecular flexibility index (Phi) is 4.23. The van der Waals surface area contributed by atoms with Crippen molar-refractivity contribution in [2.24, 2.45) is 0 Å². The van der Waals surface area contributed by atoms with Crippen molar-refractivity contribution in [2.45, 2.75) is 25.5 Å². The van der Waals surface area contributed by atoms with E-state index in [-0.39, 0.29) is 18.9 Å². The molecule has 2 amide bonds. The summed E-state index contributed by atoms with van der Waals surface area (Å²) >= 11 is 0. The Morgan fingerprint density at radius 1 is 1.24 bits per heavy atom. The molecule has 1 heterocycles. The van der Waals surface area contributed by atoms with Crippen LogP contribution in [-0.2, 0) is 9.59 Å². The highest BCUT2D eigenvalue weighted by atomic mass is 16.4. The van der Waals surface area contributed by atoms with Gasteiger partial charge in [-0.05, 0) is 24.3 Å². The molecule has 21 heavy (non-hydrogen) atoms. The van der Waals surface area contributed by atoms with Gasteiger partial charge >= 0.3 is 5.97 Å². The zero-order valence-electron chi connectivity index (χ0n) is 11.4. The maximum atomic E-state index is 12.3. The fraction of sp³-hybridized carbons (Fsp3) is 0.357. The number of amides is 2. The van der Waals surface area contributed by atoms with Gasteiger partial charge < -0.3 is 20.4 Å². The standard InChI is InChI=1S/C14H16N2O5/c1-8(17)15-10-4-2-9(3-5-10)13(19)16-7-11(18)6-12(16)14(20)21/h2-5,11-12,18H,6-7H2,1H3,(H,15,17)(H,20,21)/t11-,12-/m0/s1. The molecular formula is C14H16N2O5. The van der Waals surface area contributed by atoms with E-state index in [0.717, 1.165) is 4.90 Å². The van der Waals surface area contributed by atoms with Crippen molar-refractivity contribution in [1.29, 1.82) is 0 Å². The molecule has 2 rings (SSSR count). The summed E-state index contributed by atoms with van der Waals surface area (Å²) in [5.74, 6) is -1.80. The quantitative estimate of drug-likeness (QED) is 0.743. The van der Waals surface area contributed by atoms with Crippen LogP contribution in [0.4, 0.5) is 5.69 Å². The second-order valence-electron chi connectivity index (χ2n) is 4.96. The van der Waals surface area contributed by atoms with Gasteiger partial charge in [0.2, 0.25) is 5.91 Å². The maximum Gasteiger partial charge on any atom is 0.326 e. The van der Waals surface area contributed by atoms with Gasteiger partial charge in [-0.2, -0.15) is 0 Å². The lowest BCUT2D eigenvalue weighted by atomic mass is 10.1. The van der Waals surface area contributed by atoms with E-state index in [1.54, 1.807) is 12.1 Å². The Morgan fingerprint density at radius 3 is 2.38 bits per heavy atom. The van der Waals surface area contributed by atoms with Gasteiger partial charge in [-0.3, -0.25) is 9.59 Å². The minimum Gasteiger partial charge on any atom is -0.480 e. The van der Waals surface area contributed by atoms with Crippen LogP contribution in [0.2, 0.25) is 0 Å². The number of hydrogen-bond donors (Lipinski definition) is 3. The van der Waals surface area contributed by atoms with Gasteiger partial charge in [0.25, 0.3) is 5.91 Å². The molecule has 1 fully saturated rings. The van der Waals surface area contributed by atoms with Crippen molar-refractivity contribution in [1.82, 2.24) is 4.90 Å². The van der Waals surface area contributed by atoms with Crippen molar-refractivity contribution in [3.05, 3.63) is 29.8 Å². The second-order valence-corrected chi connectivity index (χ2v) is 4.96. The van der Waals surface area contributed by atoms with Gasteiger partial charge in [-0.15, -0.1) is 0 Å². The van der Waals surface area contributed by atoms with Crippen LogP contribution in [0.1, 0.15) is 23.7 Å². The lowest BCUT2D eigenvalue weighted by Crippen LogP contribution is -2.40. The lowest BCUT2D eigenvalue weighted by molar-refractivity contribution is -0.141.